The first-order chi connectivity index (χ1) is 12.4. The van der Waals surface area contributed by atoms with E-state index in [1.165, 1.54) is 12.5 Å². The molecule has 0 aliphatic carbocycles. The van der Waals surface area contributed by atoms with Gasteiger partial charge in [-0.25, -0.2) is 0 Å². The average molecular weight is 361 g/mol. The third-order valence-electron chi connectivity index (χ3n) is 4.97. The van der Waals surface area contributed by atoms with Crippen LogP contribution in [0.4, 0.5) is 18.9 Å². The van der Waals surface area contributed by atoms with Gasteiger partial charge in [-0.1, -0.05) is 12.1 Å². The SMILES string of the molecule is O=C1Cc2ncc(-c3cccc(C(F)(F)F)c3)cc2N1CCN1CCC1. The van der Waals surface area contributed by atoms with Crippen molar-refractivity contribution in [3.05, 3.63) is 47.8 Å². The van der Waals surface area contributed by atoms with Crippen molar-refractivity contribution in [3.63, 3.8) is 0 Å². The molecule has 1 aromatic carbocycles. The molecule has 26 heavy (non-hydrogen) atoms. The van der Waals surface area contributed by atoms with Gasteiger partial charge in [-0.3, -0.25) is 9.78 Å². The van der Waals surface area contributed by atoms with Crippen molar-refractivity contribution < 1.29 is 18.0 Å². The number of aromatic nitrogens is 1. The summed E-state index contributed by atoms with van der Waals surface area (Å²) in [4.78, 5) is 20.6. The molecule has 0 bridgehead atoms. The summed E-state index contributed by atoms with van der Waals surface area (Å²) in [6.45, 7) is 3.49. The van der Waals surface area contributed by atoms with Crippen LogP contribution in [0.5, 0.6) is 0 Å². The minimum Gasteiger partial charge on any atom is -0.309 e. The smallest absolute Gasteiger partial charge is 0.309 e. The Kier molecular flexibility index (Phi) is 4.19. The van der Waals surface area contributed by atoms with Crippen LogP contribution < -0.4 is 4.90 Å². The summed E-state index contributed by atoms with van der Waals surface area (Å²) >= 11 is 0. The number of pyridine rings is 1. The fourth-order valence-corrected chi connectivity index (χ4v) is 3.35. The van der Waals surface area contributed by atoms with Crippen LogP contribution in [0.3, 0.4) is 0 Å². The molecule has 4 rings (SSSR count). The lowest BCUT2D eigenvalue weighted by molar-refractivity contribution is -0.137. The van der Waals surface area contributed by atoms with Crippen LogP contribution in [-0.4, -0.2) is 42.0 Å². The maximum Gasteiger partial charge on any atom is 0.416 e. The molecule has 0 spiro atoms. The van der Waals surface area contributed by atoms with Crippen molar-refractivity contribution in [3.8, 4) is 11.1 Å². The van der Waals surface area contributed by atoms with Crippen molar-refractivity contribution in [1.82, 2.24) is 9.88 Å². The van der Waals surface area contributed by atoms with Crippen molar-refractivity contribution in [1.29, 1.82) is 0 Å². The zero-order chi connectivity index (χ0) is 18.3. The van der Waals surface area contributed by atoms with E-state index in [9.17, 15) is 18.0 Å². The normalized spacial score (nSPS) is 17.3. The molecule has 1 amide bonds. The number of hydrogen-bond acceptors (Lipinski definition) is 3. The van der Waals surface area contributed by atoms with Crippen LogP contribution >= 0.6 is 0 Å². The van der Waals surface area contributed by atoms with Gasteiger partial charge in [0.15, 0.2) is 0 Å². The van der Waals surface area contributed by atoms with Crippen molar-refractivity contribution >= 4 is 11.6 Å². The zero-order valence-corrected chi connectivity index (χ0v) is 14.1. The Morgan fingerprint density at radius 1 is 1.08 bits per heavy atom. The number of fused-ring (bicyclic) bond motifs is 1. The average Bonchev–Trinajstić information content (AvgIpc) is 2.88. The summed E-state index contributed by atoms with van der Waals surface area (Å²) in [5, 5.41) is 0. The second kappa shape index (κ2) is 6.39. The van der Waals surface area contributed by atoms with Crippen molar-refractivity contribution in [2.45, 2.75) is 19.0 Å². The lowest BCUT2D eigenvalue weighted by atomic mass is 10.0. The number of carbonyl (C=O) groups excluding carboxylic acids is 1. The van der Waals surface area contributed by atoms with E-state index in [-0.39, 0.29) is 12.3 Å². The Hall–Kier alpha value is -2.41. The first kappa shape index (κ1) is 17.0. The van der Waals surface area contributed by atoms with Crippen LogP contribution in [-0.2, 0) is 17.4 Å². The lowest BCUT2D eigenvalue weighted by Crippen LogP contribution is -2.43. The first-order valence-corrected chi connectivity index (χ1v) is 8.61. The topological polar surface area (TPSA) is 36.4 Å². The molecule has 0 unspecified atom stereocenters. The Morgan fingerprint density at radius 2 is 1.88 bits per heavy atom. The Balaban J connectivity index is 1.62. The number of hydrogen-bond donors (Lipinski definition) is 0. The minimum atomic E-state index is -4.39. The maximum atomic E-state index is 13.0. The predicted molar refractivity (Wildman–Crippen MR) is 91.8 cm³/mol. The summed E-state index contributed by atoms with van der Waals surface area (Å²) in [6.07, 6.45) is -1.41. The number of carbonyl (C=O) groups is 1. The largest absolute Gasteiger partial charge is 0.416 e. The second-order valence-corrected chi connectivity index (χ2v) is 6.69. The molecule has 2 aromatic rings. The van der Waals surface area contributed by atoms with E-state index in [1.54, 1.807) is 23.2 Å². The van der Waals surface area contributed by atoms with Crippen LogP contribution in [0.25, 0.3) is 11.1 Å². The molecule has 1 fully saturated rings. The predicted octanol–water partition coefficient (Wildman–Crippen LogP) is 3.36. The zero-order valence-electron chi connectivity index (χ0n) is 14.1. The lowest BCUT2D eigenvalue weighted by Gasteiger charge is -2.32. The summed E-state index contributed by atoms with van der Waals surface area (Å²) in [6, 6.07) is 6.95. The molecule has 0 atom stereocenters. The molecule has 0 N–H and O–H groups in total. The molecular formula is C19H18F3N3O. The summed E-state index contributed by atoms with van der Waals surface area (Å²) in [5.74, 6) is -0.00536. The quantitative estimate of drug-likeness (QED) is 0.838. The number of benzene rings is 1. The van der Waals surface area contributed by atoms with Gasteiger partial charge in [0.1, 0.15) is 0 Å². The number of alkyl halides is 3. The molecule has 3 heterocycles. The molecule has 136 valence electrons. The Bertz CT molecular complexity index is 846. The van der Waals surface area contributed by atoms with Gasteiger partial charge in [-0.05, 0) is 43.3 Å². The van der Waals surface area contributed by atoms with E-state index in [2.05, 4.69) is 9.88 Å². The highest BCUT2D eigenvalue weighted by Crippen LogP contribution is 2.35. The standard InChI is InChI=1S/C19H18F3N3O/c20-19(21,22)15-4-1-3-13(9-15)14-10-17-16(23-12-14)11-18(26)25(17)8-7-24-5-2-6-24/h1,3-4,9-10,12H,2,5-8,11H2. The van der Waals surface area contributed by atoms with Gasteiger partial charge in [0.25, 0.3) is 0 Å². The van der Waals surface area contributed by atoms with Gasteiger partial charge >= 0.3 is 6.18 Å². The molecule has 0 radical (unpaired) electrons. The number of likely N-dealkylation sites (tertiary alicyclic amines) is 1. The molecule has 7 heteroatoms. The third-order valence-corrected chi connectivity index (χ3v) is 4.97. The minimum absolute atomic E-state index is 0.00536. The Morgan fingerprint density at radius 3 is 2.58 bits per heavy atom. The molecule has 2 aliphatic rings. The molecule has 4 nitrogen and oxygen atoms in total. The molecule has 0 saturated carbocycles. The number of anilines is 1. The van der Waals surface area contributed by atoms with E-state index >= 15 is 0 Å². The fraction of sp³-hybridized carbons (Fsp3) is 0.368. The Labute approximate surface area is 149 Å². The highest BCUT2D eigenvalue weighted by molar-refractivity contribution is 6.01. The van der Waals surface area contributed by atoms with E-state index in [1.807, 2.05) is 0 Å². The number of halogens is 3. The molecule has 1 aromatic heterocycles. The highest BCUT2D eigenvalue weighted by atomic mass is 19.4. The number of rotatable bonds is 4. The van der Waals surface area contributed by atoms with E-state index < -0.39 is 11.7 Å². The van der Waals surface area contributed by atoms with Crippen LogP contribution in [0, 0.1) is 0 Å². The van der Waals surface area contributed by atoms with Crippen LogP contribution in [0.15, 0.2) is 36.5 Å². The summed E-state index contributed by atoms with van der Waals surface area (Å²) < 4.78 is 38.9. The fourth-order valence-electron chi connectivity index (χ4n) is 3.35. The van der Waals surface area contributed by atoms with Crippen LogP contribution in [0.2, 0.25) is 0 Å². The van der Waals surface area contributed by atoms with E-state index in [0.29, 0.717) is 29.1 Å². The van der Waals surface area contributed by atoms with Crippen molar-refractivity contribution in [2.24, 2.45) is 0 Å². The van der Waals surface area contributed by atoms with Gasteiger partial charge < -0.3 is 9.80 Å². The summed E-state index contributed by atoms with van der Waals surface area (Å²) in [7, 11) is 0. The molecule has 1 saturated heterocycles. The van der Waals surface area contributed by atoms with E-state index in [4.69, 9.17) is 0 Å². The van der Waals surface area contributed by atoms with Gasteiger partial charge in [0.2, 0.25) is 5.91 Å². The van der Waals surface area contributed by atoms with Gasteiger partial charge in [-0.2, -0.15) is 13.2 Å². The van der Waals surface area contributed by atoms with Crippen LogP contribution in [0.1, 0.15) is 17.7 Å². The second-order valence-electron chi connectivity index (χ2n) is 6.69. The molecular weight excluding hydrogens is 343 g/mol. The van der Waals surface area contributed by atoms with Gasteiger partial charge in [0.05, 0.1) is 23.4 Å². The maximum absolute atomic E-state index is 13.0. The third kappa shape index (κ3) is 3.19. The van der Waals surface area contributed by atoms with Gasteiger partial charge in [-0.15, -0.1) is 0 Å². The highest BCUT2D eigenvalue weighted by Gasteiger charge is 2.32. The molecule has 2 aliphatic heterocycles. The van der Waals surface area contributed by atoms with Gasteiger partial charge in [0, 0.05) is 24.8 Å². The summed E-state index contributed by atoms with van der Waals surface area (Å²) in [5.41, 5.74) is 1.73. The number of nitrogens with zero attached hydrogens (tertiary/aromatic N) is 3. The number of amides is 1. The first-order valence-electron chi connectivity index (χ1n) is 8.61. The van der Waals surface area contributed by atoms with Crippen molar-refractivity contribution in [2.75, 3.05) is 31.1 Å². The van der Waals surface area contributed by atoms with E-state index in [0.717, 1.165) is 31.8 Å². The monoisotopic (exact) mass is 361 g/mol.